The highest BCUT2D eigenvalue weighted by atomic mass is 16.5. The lowest BCUT2D eigenvalue weighted by Gasteiger charge is -2.29. The Balaban J connectivity index is 1.91. The van der Waals surface area contributed by atoms with Crippen molar-refractivity contribution in [3.63, 3.8) is 0 Å². The first-order chi connectivity index (χ1) is 10.1. The summed E-state index contributed by atoms with van der Waals surface area (Å²) >= 11 is 0. The van der Waals surface area contributed by atoms with Crippen LogP contribution in [0.1, 0.15) is 18.9 Å². The maximum Gasteiger partial charge on any atom is 0.225 e. The first-order valence-electron chi connectivity index (χ1n) is 7.48. The number of methoxy groups -OCH3 is 1. The fourth-order valence-electron chi connectivity index (χ4n) is 2.63. The van der Waals surface area contributed by atoms with Crippen LogP contribution in [0.2, 0.25) is 0 Å². The zero-order valence-electron chi connectivity index (χ0n) is 12.8. The van der Waals surface area contributed by atoms with Gasteiger partial charge in [0.25, 0.3) is 0 Å². The third-order valence-electron chi connectivity index (χ3n) is 4.00. The SMILES string of the molecule is COc1cccc(CCC(C)C(=O)N2CCNCC2)c1O. The van der Waals surface area contributed by atoms with Gasteiger partial charge in [0, 0.05) is 32.1 Å². The largest absolute Gasteiger partial charge is 0.504 e. The average Bonchev–Trinajstić information content (AvgIpc) is 2.53. The standard InChI is InChI=1S/C16H24N2O3/c1-12(16(20)18-10-8-17-9-11-18)6-7-13-4-3-5-14(21-2)15(13)19/h3-5,12,17,19H,6-11H2,1-2H3. The topological polar surface area (TPSA) is 61.8 Å². The molecule has 1 atom stereocenters. The second-order valence-corrected chi connectivity index (χ2v) is 5.48. The molecule has 1 aromatic carbocycles. The highest BCUT2D eigenvalue weighted by molar-refractivity contribution is 5.78. The lowest BCUT2D eigenvalue weighted by molar-refractivity contribution is -0.135. The third-order valence-corrected chi connectivity index (χ3v) is 4.00. The molecule has 0 aromatic heterocycles. The van der Waals surface area contributed by atoms with Crippen LogP contribution in [0.15, 0.2) is 18.2 Å². The summed E-state index contributed by atoms with van der Waals surface area (Å²) in [4.78, 5) is 14.3. The van der Waals surface area contributed by atoms with Crippen molar-refractivity contribution in [2.75, 3.05) is 33.3 Å². The van der Waals surface area contributed by atoms with Gasteiger partial charge in [-0.1, -0.05) is 19.1 Å². The maximum atomic E-state index is 12.3. The summed E-state index contributed by atoms with van der Waals surface area (Å²) in [7, 11) is 1.54. The van der Waals surface area contributed by atoms with Gasteiger partial charge < -0.3 is 20.1 Å². The Morgan fingerprint density at radius 1 is 1.43 bits per heavy atom. The molecule has 1 aliphatic rings. The van der Waals surface area contributed by atoms with E-state index in [0.29, 0.717) is 12.2 Å². The molecule has 2 N–H and O–H groups in total. The number of carbonyl (C=O) groups is 1. The number of para-hydroxylation sites is 1. The smallest absolute Gasteiger partial charge is 0.225 e. The molecule has 1 aromatic rings. The summed E-state index contributed by atoms with van der Waals surface area (Å²) in [6.45, 7) is 5.27. The minimum Gasteiger partial charge on any atom is -0.504 e. The Labute approximate surface area is 125 Å². The van der Waals surface area contributed by atoms with E-state index in [0.717, 1.165) is 38.2 Å². The summed E-state index contributed by atoms with van der Waals surface area (Å²) in [5, 5.41) is 13.3. The van der Waals surface area contributed by atoms with Crippen molar-refractivity contribution in [3.8, 4) is 11.5 Å². The van der Waals surface area contributed by atoms with Crippen LogP contribution in [-0.2, 0) is 11.2 Å². The molecule has 1 unspecified atom stereocenters. The van der Waals surface area contributed by atoms with Gasteiger partial charge >= 0.3 is 0 Å². The van der Waals surface area contributed by atoms with Gasteiger partial charge in [0.1, 0.15) is 0 Å². The number of hydrogen-bond acceptors (Lipinski definition) is 4. The zero-order chi connectivity index (χ0) is 15.2. The van der Waals surface area contributed by atoms with Gasteiger partial charge in [0.05, 0.1) is 7.11 Å². The minimum absolute atomic E-state index is 0.0336. The van der Waals surface area contributed by atoms with Crippen LogP contribution in [-0.4, -0.2) is 49.2 Å². The molecule has 21 heavy (non-hydrogen) atoms. The Hall–Kier alpha value is -1.75. The number of nitrogens with one attached hydrogen (secondary N) is 1. The number of amides is 1. The molecule has 1 saturated heterocycles. The number of benzene rings is 1. The first-order valence-corrected chi connectivity index (χ1v) is 7.48. The molecule has 1 fully saturated rings. The molecule has 2 rings (SSSR count). The number of carbonyl (C=O) groups excluding carboxylic acids is 1. The van der Waals surface area contributed by atoms with E-state index >= 15 is 0 Å². The molecule has 0 bridgehead atoms. The van der Waals surface area contributed by atoms with E-state index in [1.807, 2.05) is 24.0 Å². The van der Waals surface area contributed by atoms with Gasteiger partial charge in [-0.25, -0.2) is 0 Å². The average molecular weight is 292 g/mol. The zero-order valence-corrected chi connectivity index (χ0v) is 12.8. The third kappa shape index (κ3) is 3.88. The van der Waals surface area contributed by atoms with Crippen molar-refractivity contribution in [1.29, 1.82) is 0 Å². The van der Waals surface area contributed by atoms with Crippen molar-refractivity contribution < 1.29 is 14.6 Å². The molecule has 1 amide bonds. The lowest BCUT2D eigenvalue weighted by atomic mass is 9.98. The van der Waals surface area contributed by atoms with Crippen molar-refractivity contribution in [2.45, 2.75) is 19.8 Å². The summed E-state index contributed by atoms with van der Waals surface area (Å²) in [5.41, 5.74) is 0.828. The quantitative estimate of drug-likeness (QED) is 0.861. The van der Waals surface area contributed by atoms with Crippen LogP contribution in [0.4, 0.5) is 0 Å². The van der Waals surface area contributed by atoms with E-state index in [4.69, 9.17) is 4.74 Å². The van der Waals surface area contributed by atoms with E-state index in [1.54, 1.807) is 6.07 Å². The van der Waals surface area contributed by atoms with E-state index in [-0.39, 0.29) is 17.6 Å². The van der Waals surface area contributed by atoms with Crippen LogP contribution >= 0.6 is 0 Å². The summed E-state index contributed by atoms with van der Waals surface area (Å²) in [6.07, 6.45) is 1.39. The Bertz CT molecular complexity index is 484. The van der Waals surface area contributed by atoms with Crippen molar-refractivity contribution in [1.82, 2.24) is 10.2 Å². The van der Waals surface area contributed by atoms with E-state index in [1.165, 1.54) is 7.11 Å². The number of phenolic OH excluding ortho intramolecular Hbond substituents is 1. The Morgan fingerprint density at radius 2 is 2.14 bits per heavy atom. The number of hydrogen-bond donors (Lipinski definition) is 2. The molecule has 0 radical (unpaired) electrons. The fourth-order valence-corrected chi connectivity index (χ4v) is 2.63. The maximum absolute atomic E-state index is 12.3. The van der Waals surface area contributed by atoms with Crippen LogP contribution in [0, 0.1) is 5.92 Å². The summed E-state index contributed by atoms with van der Waals surface area (Å²) in [6, 6.07) is 5.46. The molecular weight excluding hydrogens is 268 g/mol. The second kappa shape index (κ2) is 7.31. The van der Waals surface area contributed by atoms with Crippen molar-refractivity contribution >= 4 is 5.91 Å². The number of nitrogens with zero attached hydrogens (tertiary/aromatic N) is 1. The molecule has 0 aliphatic carbocycles. The molecule has 1 aliphatic heterocycles. The predicted octanol–water partition coefficient (Wildman–Crippen LogP) is 1.40. The molecule has 1 heterocycles. The number of phenols is 1. The van der Waals surface area contributed by atoms with Crippen molar-refractivity contribution in [2.24, 2.45) is 5.92 Å². The molecular formula is C16H24N2O3. The summed E-state index contributed by atoms with van der Waals surface area (Å²) in [5.74, 6) is 0.836. The number of aromatic hydroxyl groups is 1. The number of aryl methyl sites for hydroxylation is 1. The van der Waals surface area contributed by atoms with Gasteiger partial charge in [-0.3, -0.25) is 4.79 Å². The Morgan fingerprint density at radius 3 is 2.81 bits per heavy atom. The van der Waals surface area contributed by atoms with E-state index in [9.17, 15) is 9.90 Å². The monoisotopic (exact) mass is 292 g/mol. The predicted molar refractivity (Wildman–Crippen MR) is 81.6 cm³/mol. The molecule has 0 saturated carbocycles. The van der Waals surface area contributed by atoms with Crippen LogP contribution in [0.25, 0.3) is 0 Å². The second-order valence-electron chi connectivity index (χ2n) is 5.48. The van der Waals surface area contributed by atoms with Gasteiger partial charge in [-0.15, -0.1) is 0 Å². The highest BCUT2D eigenvalue weighted by Crippen LogP contribution is 2.30. The fraction of sp³-hybridized carbons (Fsp3) is 0.562. The van der Waals surface area contributed by atoms with Crippen LogP contribution < -0.4 is 10.1 Å². The Kier molecular flexibility index (Phi) is 5.44. The number of ether oxygens (including phenoxy) is 1. The van der Waals surface area contributed by atoms with Crippen molar-refractivity contribution in [3.05, 3.63) is 23.8 Å². The number of rotatable bonds is 5. The number of piperazine rings is 1. The minimum atomic E-state index is -0.0336. The summed E-state index contributed by atoms with van der Waals surface area (Å²) < 4.78 is 5.10. The van der Waals surface area contributed by atoms with Gasteiger partial charge in [0.2, 0.25) is 5.91 Å². The normalized spacial score (nSPS) is 16.6. The highest BCUT2D eigenvalue weighted by Gasteiger charge is 2.22. The van der Waals surface area contributed by atoms with Gasteiger partial charge in [-0.05, 0) is 24.5 Å². The molecule has 5 nitrogen and oxygen atoms in total. The molecule has 5 heteroatoms. The molecule has 116 valence electrons. The van der Waals surface area contributed by atoms with Crippen LogP contribution in [0.3, 0.4) is 0 Å². The molecule has 0 spiro atoms. The lowest BCUT2D eigenvalue weighted by Crippen LogP contribution is -2.48. The van der Waals surface area contributed by atoms with E-state index < -0.39 is 0 Å². The van der Waals surface area contributed by atoms with Gasteiger partial charge in [0.15, 0.2) is 11.5 Å². The first kappa shape index (κ1) is 15.6. The van der Waals surface area contributed by atoms with Gasteiger partial charge in [-0.2, -0.15) is 0 Å². The van der Waals surface area contributed by atoms with Crippen LogP contribution in [0.5, 0.6) is 11.5 Å². The van der Waals surface area contributed by atoms with E-state index in [2.05, 4.69) is 5.32 Å².